The number of pyridine rings is 1. The van der Waals surface area contributed by atoms with Crippen LogP contribution in [-0.2, 0) is 9.47 Å². The Morgan fingerprint density at radius 3 is 2.65 bits per heavy atom. The summed E-state index contributed by atoms with van der Waals surface area (Å²) in [6, 6.07) is 0.200. The molecule has 8 heteroatoms. The Morgan fingerprint density at radius 1 is 1.13 bits per heavy atom. The number of nitrogens with one attached hydrogen (secondary N) is 1. The second-order valence-corrected chi connectivity index (χ2v) is 8.74. The van der Waals surface area contributed by atoms with Crippen LogP contribution in [0.2, 0.25) is 0 Å². The Kier molecular flexibility index (Phi) is 7.53. The van der Waals surface area contributed by atoms with Crippen LogP contribution in [0.25, 0.3) is 10.9 Å². The lowest BCUT2D eigenvalue weighted by molar-refractivity contribution is 0.0244. The average molecular weight is 431 g/mol. The maximum atomic E-state index is 9.94. The molecule has 2 aromatic heterocycles. The summed E-state index contributed by atoms with van der Waals surface area (Å²) in [5.74, 6) is 1.54. The standard InChI is InChI=1S/C23H34N4O4/c1-15(7-10-29-2)26-23-25-14-20-21(27-23)19(16-3-5-17(28)6-4-16)13-24-22(20)31-18-8-11-30-12-9-18/h13-18,28H,3-12H2,1-2H3,(H,25,26,27)/t15-,16?,17?/m0/s1. The third-order valence-corrected chi connectivity index (χ3v) is 6.33. The summed E-state index contributed by atoms with van der Waals surface area (Å²) in [5.41, 5.74) is 2.02. The molecular formula is C23H34N4O4. The summed E-state index contributed by atoms with van der Waals surface area (Å²) in [7, 11) is 1.71. The Hall–Kier alpha value is -2.03. The van der Waals surface area contributed by atoms with E-state index in [2.05, 4.69) is 22.2 Å². The zero-order chi connectivity index (χ0) is 21.6. The average Bonchev–Trinajstić information content (AvgIpc) is 2.79. The van der Waals surface area contributed by atoms with Crippen molar-refractivity contribution >= 4 is 16.9 Å². The van der Waals surface area contributed by atoms with Crippen LogP contribution in [0.5, 0.6) is 5.88 Å². The van der Waals surface area contributed by atoms with Crippen LogP contribution < -0.4 is 10.1 Å². The Labute approximate surface area is 183 Å². The molecule has 0 spiro atoms. The van der Waals surface area contributed by atoms with E-state index in [1.54, 1.807) is 7.11 Å². The molecule has 2 aromatic rings. The third kappa shape index (κ3) is 5.61. The number of aromatic nitrogens is 3. The Bertz CT molecular complexity index is 851. The van der Waals surface area contributed by atoms with Crippen LogP contribution in [0.1, 0.15) is 63.4 Å². The van der Waals surface area contributed by atoms with Crippen molar-refractivity contribution in [1.29, 1.82) is 0 Å². The molecular weight excluding hydrogens is 396 g/mol. The maximum Gasteiger partial charge on any atom is 0.224 e. The highest BCUT2D eigenvalue weighted by Gasteiger charge is 2.26. The van der Waals surface area contributed by atoms with Crippen molar-refractivity contribution in [3.05, 3.63) is 18.0 Å². The molecule has 0 unspecified atom stereocenters. The molecule has 170 valence electrons. The minimum absolute atomic E-state index is 0.104. The zero-order valence-electron chi connectivity index (χ0n) is 18.5. The fourth-order valence-corrected chi connectivity index (χ4v) is 4.41. The molecule has 2 aliphatic rings. The van der Waals surface area contributed by atoms with Gasteiger partial charge in [0.2, 0.25) is 11.8 Å². The lowest BCUT2D eigenvalue weighted by Gasteiger charge is -2.27. The summed E-state index contributed by atoms with van der Waals surface area (Å²) in [5, 5.41) is 14.2. The lowest BCUT2D eigenvalue weighted by Crippen LogP contribution is -2.26. The van der Waals surface area contributed by atoms with Gasteiger partial charge in [-0.2, -0.15) is 0 Å². The summed E-state index contributed by atoms with van der Waals surface area (Å²) in [6.07, 6.45) is 9.77. The minimum Gasteiger partial charge on any atom is -0.474 e. The van der Waals surface area contributed by atoms with E-state index in [0.717, 1.165) is 74.6 Å². The number of anilines is 1. The normalized spacial score (nSPS) is 23.6. The van der Waals surface area contributed by atoms with Crippen molar-refractivity contribution in [3.8, 4) is 5.88 Å². The molecule has 3 heterocycles. The predicted octanol–water partition coefficient (Wildman–Crippen LogP) is 3.44. The molecule has 0 aromatic carbocycles. The van der Waals surface area contributed by atoms with Gasteiger partial charge in [0.25, 0.3) is 0 Å². The lowest BCUT2D eigenvalue weighted by atomic mass is 9.83. The van der Waals surface area contributed by atoms with E-state index in [4.69, 9.17) is 19.2 Å². The van der Waals surface area contributed by atoms with E-state index in [1.165, 1.54) is 0 Å². The molecule has 1 aliphatic carbocycles. The van der Waals surface area contributed by atoms with Gasteiger partial charge in [-0.05, 0) is 44.9 Å². The quantitative estimate of drug-likeness (QED) is 0.657. The molecule has 1 aliphatic heterocycles. The first kappa shape index (κ1) is 22.2. The van der Waals surface area contributed by atoms with Crippen LogP contribution in [0.4, 0.5) is 5.95 Å². The van der Waals surface area contributed by atoms with Gasteiger partial charge in [0, 0.05) is 50.6 Å². The number of hydrogen-bond acceptors (Lipinski definition) is 8. The molecule has 0 amide bonds. The fourth-order valence-electron chi connectivity index (χ4n) is 4.41. The third-order valence-electron chi connectivity index (χ3n) is 6.33. The molecule has 31 heavy (non-hydrogen) atoms. The van der Waals surface area contributed by atoms with Crippen LogP contribution in [0, 0.1) is 0 Å². The predicted molar refractivity (Wildman–Crippen MR) is 119 cm³/mol. The van der Waals surface area contributed by atoms with Crippen LogP contribution in [0.15, 0.2) is 12.4 Å². The largest absolute Gasteiger partial charge is 0.474 e. The monoisotopic (exact) mass is 430 g/mol. The summed E-state index contributed by atoms with van der Waals surface area (Å²) in [6.45, 7) is 4.22. The highest BCUT2D eigenvalue weighted by Crippen LogP contribution is 2.38. The van der Waals surface area contributed by atoms with E-state index in [-0.39, 0.29) is 18.2 Å². The van der Waals surface area contributed by atoms with Crippen molar-refractivity contribution < 1.29 is 19.3 Å². The second kappa shape index (κ2) is 10.5. The number of fused-ring (bicyclic) bond motifs is 1. The van der Waals surface area contributed by atoms with E-state index in [0.29, 0.717) is 24.4 Å². The molecule has 8 nitrogen and oxygen atoms in total. The molecule has 4 rings (SSSR count). The van der Waals surface area contributed by atoms with Gasteiger partial charge in [0.1, 0.15) is 6.10 Å². The Morgan fingerprint density at radius 2 is 1.90 bits per heavy atom. The van der Waals surface area contributed by atoms with Gasteiger partial charge in [-0.1, -0.05) is 0 Å². The molecule has 0 bridgehead atoms. The van der Waals surface area contributed by atoms with Crippen LogP contribution in [-0.4, -0.2) is 65.2 Å². The number of nitrogens with zero attached hydrogens (tertiary/aromatic N) is 3. The van der Waals surface area contributed by atoms with E-state index in [9.17, 15) is 5.11 Å². The smallest absolute Gasteiger partial charge is 0.224 e. The zero-order valence-corrected chi connectivity index (χ0v) is 18.5. The second-order valence-electron chi connectivity index (χ2n) is 8.74. The molecule has 0 radical (unpaired) electrons. The highest BCUT2D eigenvalue weighted by molar-refractivity contribution is 5.86. The van der Waals surface area contributed by atoms with Gasteiger partial charge in [0.15, 0.2) is 0 Å². The molecule has 1 atom stereocenters. The van der Waals surface area contributed by atoms with Gasteiger partial charge in [-0.15, -0.1) is 0 Å². The Balaban J connectivity index is 1.64. The van der Waals surface area contributed by atoms with Crippen molar-refractivity contribution in [2.24, 2.45) is 0 Å². The molecule has 1 saturated heterocycles. The van der Waals surface area contributed by atoms with E-state index < -0.39 is 0 Å². The van der Waals surface area contributed by atoms with Gasteiger partial charge in [0.05, 0.1) is 30.2 Å². The van der Waals surface area contributed by atoms with Gasteiger partial charge in [-0.3, -0.25) is 0 Å². The summed E-state index contributed by atoms with van der Waals surface area (Å²) < 4.78 is 16.9. The number of aliphatic hydroxyl groups is 1. The SMILES string of the molecule is COCC[C@H](C)Nc1ncc2c(OC3CCOCC3)ncc(C3CCC(O)CC3)c2n1. The molecule has 2 fully saturated rings. The van der Waals surface area contributed by atoms with Gasteiger partial charge >= 0.3 is 0 Å². The molecule has 2 N–H and O–H groups in total. The number of methoxy groups -OCH3 is 1. The maximum absolute atomic E-state index is 9.94. The van der Waals surface area contributed by atoms with Crippen LogP contribution in [0.3, 0.4) is 0 Å². The van der Waals surface area contributed by atoms with Crippen molar-refractivity contribution in [2.75, 3.05) is 32.2 Å². The fraction of sp³-hybridized carbons (Fsp3) is 0.696. The first-order valence-electron chi connectivity index (χ1n) is 11.5. The van der Waals surface area contributed by atoms with Crippen molar-refractivity contribution in [2.45, 2.75) is 76.0 Å². The van der Waals surface area contributed by atoms with Crippen molar-refractivity contribution in [1.82, 2.24) is 15.0 Å². The summed E-state index contributed by atoms with van der Waals surface area (Å²) in [4.78, 5) is 14.1. The first-order chi connectivity index (χ1) is 15.1. The van der Waals surface area contributed by atoms with Crippen molar-refractivity contribution in [3.63, 3.8) is 0 Å². The minimum atomic E-state index is -0.194. The van der Waals surface area contributed by atoms with Gasteiger partial charge < -0.3 is 24.6 Å². The number of hydrogen-bond donors (Lipinski definition) is 2. The number of ether oxygens (including phenoxy) is 3. The highest BCUT2D eigenvalue weighted by atomic mass is 16.5. The van der Waals surface area contributed by atoms with Crippen LogP contribution >= 0.6 is 0 Å². The summed E-state index contributed by atoms with van der Waals surface area (Å²) >= 11 is 0. The van der Waals surface area contributed by atoms with E-state index in [1.807, 2.05) is 12.4 Å². The number of rotatable bonds is 8. The molecule has 1 saturated carbocycles. The number of aliphatic hydroxyl groups excluding tert-OH is 1. The van der Waals surface area contributed by atoms with Gasteiger partial charge in [-0.25, -0.2) is 15.0 Å². The topological polar surface area (TPSA) is 98.6 Å². The first-order valence-corrected chi connectivity index (χ1v) is 11.5. The van der Waals surface area contributed by atoms with E-state index >= 15 is 0 Å².